The number of carbonyl (C=O) groups excluding carboxylic acids is 3. The van der Waals surface area contributed by atoms with Crippen LogP contribution in [0, 0.1) is 0 Å². The molecule has 2 N–H and O–H groups in total. The van der Waals surface area contributed by atoms with Crippen LogP contribution in [0.25, 0.3) is 0 Å². The van der Waals surface area contributed by atoms with Gasteiger partial charge in [-0.25, -0.2) is 22.7 Å². The van der Waals surface area contributed by atoms with Crippen molar-refractivity contribution in [3.05, 3.63) is 46.3 Å². The summed E-state index contributed by atoms with van der Waals surface area (Å²) in [7, 11) is -3.74. The second kappa shape index (κ2) is 11.0. The van der Waals surface area contributed by atoms with E-state index in [2.05, 4.69) is 10.0 Å². The van der Waals surface area contributed by atoms with Gasteiger partial charge >= 0.3 is 11.9 Å². The topological polar surface area (TPSA) is 128 Å². The Morgan fingerprint density at radius 2 is 1.77 bits per heavy atom. The van der Waals surface area contributed by atoms with Crippen molar-refractivity contribution in [3.63, 3.8) is 0 Å². The lowest BCUT2D eigenvalue weighted by Crippen LogP contribution is -2.24. The van der Waals surface area contributed by atoms with Gasteiger partial charge in [0.2, 0.25) is 10.0 Å². The molecule has 1 amide bonds. The van der Waals surface area contributed by atoms with Crippen LogP contribution in [0.2, 0.25) is 0 Å². The number of nitrogens with one attached hydrogen (secondary N) is 2. The number of hydrogen-bond acceptors (Lipinski definition) is 8. The molecule has 0 aliphatic rings. The third-order valence-corrected chi connectivity index (χ3v) is 6.67. The Kier molecular flexibility index (Phi) is 8.72. The SMILES string of the molecule is CCNS(=O)(=O)c1cccc(C(=O)OCC(=O)Nc2sc(CC)cc2C(=O)OCC)c1. The maximum absolute atomic E-state index is 12.3. The van der Waals surface area contributed by atoms with E-state index in [4.69, 9.17) is 9.47 Å². The highest BCUT2D eigenvalue weighted by Gasteiger charge is 2.20. The fourth-order valence-corrected chi connectivity index (χ4v) is 4.60. The molecule has 2 rings (SSSR count). The maximum atomic E-state index is 12.3. The van der Waals surface area contributed by atoms with E-state index in [1.165, 1.54) is 35.6 Å². The van der Waals surface area contributed by atoms with Gasteiger partial charge in [-0.1, -0.05) is 19.9 Å². The largest absolute Gasteiger partial charge is 0.462 e. The first-order valence-electron chi connectivity index (χ1n) is 9.58. The molecule has 9 nitrogen and oxygen atoms in total. The molecule has 0 radical (unpaired) electrons. The molecular formula is C20H24N2O7S2. The molecule has 0 aliphatic heterocycles. The summed E-state index contributed by atoms with van der Waals surface area (Å²) in [6.45, 7) is 5.03. The number of benzene rings is 1. The molecule has 11 heteroatoms. The molecule has 0 bridgehead atoms. The Morgan fingerprint density at radius 3 is 2.42 bits per heavy atom. The van der Waals surface area contributed by atoms with Gasteiger partial charge in [0.05, 0.1) is 22.6 Å². The Bertz CT molecular complexity index is 1060. The molecule has 0 saturated carbocycles. The van der Waals surface area contributed by atoms with Crippen molar-refractivity contribution in [1.82, 2.24) is 4.72 Å². The van der Waals surface area contributed by atoms with Crippen molar-refractivity contribution in [2.45, 2.75) is 32.1 Å². The number of sulfonamides is 1. The smallest absolute Gasteiger partial charge is 0.341 e. The number of ether oxygens (including phenoxy) is 2. The van der Waals surface area contributed by atoms with Crippen LogP contribution in [0.4, 0.5) is 5.00 Å². The summed E-state index contributed by atoms with van der Waals surface area (Å²) in [5.74, 6) is -2.04. The van der Waals surface area contributed by atoms with Crippen LogP contribution in [0.3, 0.4) is 0 Å². The summed E-state index contributed by atoms with van der Waals surface area (Å²) < 4.78 is 36.5. The fourth-order valence-electron chi connectivity index (χ4n) is 2.51. The highest BCUT2D eigenvalue weighted by molar-refractivity contribution is 7.89. The first kappa shape index (κ1) is 24.5. The van der Waals surface area contributed by atoms with E-state index in [0.717, 1.165) is 4.88 Å². The molecule has 0 saturated heterocycles. The third-order valence-electron chi connectivity index (χ3n) is 3.93. The summed E-state index contributed by atoms with van der Waals surface area (Å²) in [5, 5.41) is 2.87. The average molecular weight is 469 g/mol. The van der Waals surface area contributed by atoms with Crippen LogP contribution in [-0.2, 0) is 30.7 Å². The first-order valence-corrected chi connectivity index (χ1v) is 11.9. The zero-order valence-corrected chi connectivity index (χ0v) is 19.0. The molecule has 0 spiro atoms. The Balaban J connectivity index is 2.05. The molecule has 31 heavy (non-hydrogen) atoms. The van der Waals surface area contributed by atoms with Crippen LogP contribution >= 0.6 is 11.3 Å². The van der Waals surface area contributed by atoms with Crippen LogP contribution < -0.4 is 10.0 Å². The highest BCUT2D eigenvalue weighted by Crippen LogP contribution is 2.29. The summed E-state index contributed by atoms with van der Waals surface area (Å²) in [6.07, 6.45) is 0.675. The number of hydrogen-bond donors (Lipinski definition) is 2. The van der Waals surface area contributed by atoms with Gasteiger partial charge in [0, 0.05) is 11.4 Å². The van der Waals surface area contributed by atoms with E-state index in [9.17, 15) is 22.8 Å². The zero-order chi connectivity index (χ0) is 23.0. The predicted molar refractivity (Wildman–Crippen MR) is 116 cm³/mol. The van der Waals surface area contributed by atoms with Crippen molar-refractivity contribution < 1.29 is 32.3 Å². The molecule has 0 fully saturated rings. The number of esters is 2. The van der Waals surface area contributed by atoms with Gasteiger partial charge in [0.15, 0.2) is 6.61 Å². The zero-order valence-electron chi connectivity index (χ0n) is 17.4. The molecule has 0 atom stereocenters. The monoisotopic (exact) mass is 468 g/mol. The van der Waals surface area contributed by atoms with E-state index >= 15 is 0 Å². The number of amides is 1. The standard InChI is InChI=1S/C20H24N2O7S2/c1-4-14-11-16(20(25)28-6-3)18(30-14)22-17(23)12-29-19(24)13-8-7-9-15(10-13)31(26,27)21-5-2/h7-11,21H,4-6,12H2,1-3H3,(H,22,23). The lowest BCUT2D eigenvalue weighted by molar-refractivity contribution is -0.119. The van der Waals surface area contributed by atoms with Crippen LogP contribution in [0.1, 0.15) is 46.4 Å². The molecule has 0 aliphatic carbocycles. The molecule has 1 aromatic heterocycles. The lowest BCUT2D eigenvalue weighted by atomic mass is 10.2. The van der Waals surface area contributed by atoms with Crippen molar-refractivity contribution in [3.8, 4) is 0 Å². The molecule has 2 aromatic rings. The number of rotatable bonds is 10. The van der Waals surface area contributed by atoms with E-state index in [1.807, 2.05) is 6.92 Å². The lowest BCUT2D eigenvalue weighted by Gasteiger charge is -2.08. The van der Waals surface area contributed by atoms with Crippen molar-refractivity contribution >= 4 is 44.2 Å². The average Bonchev–Trinajstić information content (AvgIpc) is 3.15. The number of carbonyl (C=O) groups is 3. The van der Waals surface area contributed by atoms with E-state index in [0.29, 0.717) is 11.4 Å². The summed E-state index contributed by atoms with van der Waals surface area (Å²) in [4.78, 5) is 37.4. The number of anilines is 1. The normalized spacial score (nSPS) is 11.1. The minimum absolute atomic E-state index is 0.0108. The van der Waals surface area contributed by atoms with Gasteiger partial charge in [-0.15, -0.1) is 11.3 Å². The molecule has 1 aromatic carbocycles. The van der Waals surface area contributed by atoms with Gasteiger partial charge in [0.25, 0.3) is 5.91 Å². The van der Waals surface area contributed by atoms with Gasteiger partial charge in [-0.05, 0) is 37.6 Å². The summed E-state index contributed by atoms with van der Waals surface area (Å²) in [5.41, 5.74) is 0.230. The Hall–Kier alpha value is -2.76. The second-order valence-corrected chi connectivity index (χ2v) is 9.09. The van der Waals surface area contributed by atoms with Crippen LogP contribution in [-0.4, -0.2) is 46.0 Å². The number of aryl methyl sites for hydroxylation is 1. The molecule has 0 unspecified atom stereocenters. The maximum Gasteiger partial charge on any atom is 0.341 e. The van der Waals surface area contributed by atoms with Crippen LogP contribution in [0.5, 0.6) is 0 Å². The summed E-state index contributed by atoms with van der Waals surface area (Å²) in [6, 6.07) is 6.96. The number of thiophene rings is 1. The molecule has 1 heterocycles. The van der Waals surface area contributed by atoms with E-state index < -0.39 is 34.5 Å². The van der Waals surface area contributed by atoms with Crippen molar-refractivity contribution in [2.75, 3.05) is 25.1 Å². The van der Waals surface area contributed by atoms with Gasteiger partial charge in [-0.2, -0.15) is 0 Å². The quantitative estimate of drug-likeness (QED) is 0.513. The Labute approximate surface area is 184 Å². The summed E-state index contributed by atoms with van der Waals surface area (Å²) >= 11 is 1.24. The third kappa shape index (κ3) is 6.61. The van der Waals surface area contributed by atoms with Gasteiger partial charge in [-0.3, -0.25) is 4.79 Å². The second-order valence-electron chi connectivity index (χ2n) is 6.18. The Morgan fingerprint density at radius 1 is 1.03 bits per heavy atom. The highest BCUT2D eigenvalue weighted by atomic mass is 32.2. The fraction of sp³-hybridized carbons (Fsp3) is 0.350. The van der Waals surface area contributed by atoms with E-state index in [1.54, 1.807) is 19.9 Å². The minimum Gasteiger partial charge on any atom is -0.462 e. The van der Waals surface area contributed by atoms with Crippen molar-refractivity contribution in [2.24, 2.45) is 0 Å². The first-order chi connectivity index (χ1) is 14.7. The molecule has 168 valence electrons. The van der Waals surface area contributed by atoms with Crippen LogP contribution in [0.15, 0.2) is 35.2 Å². The predicted octanol–water partition coefficient (Wildman–Crippen LogP) is 2.58. The van der Waals surface area contributed by atoms with Crippen molar-refractivity contribution in [1.29, 1.82) is 0 Å². The van der Waals surface area contributed by atoms with Gasteiger partial charge in [0.1, 0.15) is 5.00 Å². The van der Waals surface area contributed by atoms with Gasteiger partial charge < -0.3 is 14.8 Å². The van der Waals surface area contributed by atoms with E-state index in [-0.39, 0.29) is 29.2 Å². The minimum atomic E-state index is -3.74. The molecular weight excluding hydrogens is 444 g/mol.